The zero-order chi connectivity index (χ0) is 29.9. The van der Waals surface area contributed by atoms with Gasteiger partial charge in [0.15, 0.2) is 0 Å². The summed E-state index contributed by atoms with van der Waals surface area (Å²) in [4.78, 5) is 46.0. The molecule has 1 spiro atoms. The molecule has 9 heteroatoms. The summed E-state index contributed by atoms with van der Waals surface area (Å²) >= 11 is 8.17. The molecule has 0 aliphatic carbocycles. The van der Waals surface area contributed by atoms with E-state index in [0.717, 1.165) is 19.3 Å². The molecule has 4 rings (SSSR count). The van der Waals surface area contributed by atoms with Gasteiger partial charge in [0.2, 0.25) is 5.91 Å². The molecule has 3 heterocycles. The number of aliphatic hydroxyl groups is 1. The summed E-state index contributed by atoms with van der Waals surface area (Å²) in [5.41, 5.74) is 0.538. The van der Waals surface area contributed by atoms with Crippen molar-refractivity contribution in [3.63, 3.8) is 0 Å². The largest absolute Gasteiger partial charge is 0.465 e. The molecule has 3 aliphatic heterocycles. The quantitative estimate of drug-likeness (QED) is 0.172. The van der Waals surface area contributed by atoms with Crippen molar-refractivity contribution in [2.45, 2.75) is 75.0 Å². The van der Waals surface area contributed by atoms with Crippen molar-refractivity contribution in [3.8, 4) is 0 Å². The van der Waals surface area contributed by atoms with Crippen LogP contribution in [0.5, 0.6) is 0 Å². The minimum Gasteiger partial charge on any atom is -0.465 e. The number of amides is 2. The maximum atomic E-state index is 14.8. The van der Waals surface area contributed by atoms with Gasteiger partial charge in [-0.3, -0.25) is 14.4 Å². The van der Waals surface area contributed by atoms with Gasteiger partial charge in [0.1, 0.15) is 6.04 Å². The molecule has 3 saturated heterocycles. The molecule has 0 aromatic heterocycles. The number of carbonyl (C=O) groups excluding carboxylic acids is 3. The van der Waals surface area contributed by atoms with Gasteiger partial charge >= 0.3 is 5.97 Å². The van der Waals surface area contributed by atoms with Gasteiger partial charge in [0.05, 0.1) is 46.5 Å². The first-order chi connectivity index (χ1) is 19.6. The average molecular weight is 603 g/mol. The molecule has 224 valence electrons. The number of esters is 1. The van der Waals surface area contributed by atoms with E-state index < -0.39 is 28.7 Å². The smallest absolute Gasteiger partial charge is 0.310 e. The van der Waals surface area contributed by atoms with Crippen LogP contribution in [0.3, 0.4) is 0 Å². The molecule has 0 radical (unpaired) electrons. The topological polar surface area (TPSA) is 87.2 Å². The minimum absolute atomic E-state index is 0.00254. The van der Waals surface area contributed by atoms with Crippen molar-refractivity contribution >= 4 is 46.8 Å². The van der Waals surface area contributed by atoms with E-state index in [1.807, 2.05) is 26.0 Å². The number of likely N-dealkylation sites (tertiary alicyclic amines) is 1. The third-order valence-corrected chi connectivity index (χ3v) is 11.2. The van der Waals surface area contributed by atoms with Crippen molar-refractivity contribution in [1.29, 1.82) is 0 Å². The number of hydrogen-bond acceptors (Lipinski definition) is 6. The van der Waals surface area contributed by atoms with Gasteiger partial charge in [-0.2, -0.15) is 0 Å². The normalized spacial score (nSPS) is 29.0. The Bertz CT molecular complexity index is 1160. The van der Waals surface area contributed by atoms with E-state index in [0.29, 0.717) is 30.2 Å². The van der Waals surface area contributed by atoms with Gasteiger partial charge in [-0.1, -0.05) is 56.7 Å². The number of rotatable bonds is 14. The van der Waals surface area contributed by atoms with Crippen LogP contribution in [-0.4, -0.2) is 69.6 Å². The molecule has 7 nitrogen and oxygen atoms in total. The number of para-hydroxylation sites is 1. The van der Waals surface area contributed by atoms with Crippen LogP contribution in [0.15, 0.2) is 49.6 Å². The molecule has 3 unspecified atom stereocenters. The van der Waals surface area contributed by atoms with E-state index in [9.17, 15) is 19.5 Å². The van der Waals surface area contributed by atoms with E-state index in [1.165, 1.54) is 0 Å². The number of thioether (sulfide) groups is 1. The lowest BCUT2D eigenvalue weighted by molar-refractivity contribution is -0.155. The van der Waals surface area contributed by atoms with Crippen molar-refractivity contribution in [1.82, 2.24) is 4.90 Å². The van der Waals surface area contributed by atoms with Gasteiger partial charge in [0.25, 0.3) is 5.91 Å². The molecule has 41 heavy (non-hydrogen) atoms. The van der Waals surface area contributed by atoms with Crippen LogP contribution in [-0.2, 0) is 19.1 Å². The first-order valence-electron chi connectivity index (χ1n) is 14.7. The zero-order valence-electron chi connectivity index (χ0n) is 24.3. The maximum absolute atomic E-state index is 14.8. The van der Waals surface area contributed by atoms with E-state index in [1.54, 1.807) is 45.8 Å². The summed E-state index contributed by atoms with van der Waals surface area (Å²) in [6.07, 6.45) is 7.19. The first-order valence-corrected chi connectivity index (χ1v) is 15.9. The highest BCUT2D eigenvalue weighted by atomic mass is 35.5. The molecule has 7 atom stereocenters. The predicted octanol–water partition coefficient (Wildman–Crippen LogP) is 5.50. The third-order valence-electron chi connectivity index (χ3n) is 8.80. The fraction of sp³-hybridized carbons (Fsp3) is 0.594. The Kier molecular flexibility index (Phi) is 10.3. The molecule has 1 N–H and O–H groups in total. The number of unbranched alkanes of at least 4 members (excludes halogenated alkanes) is 2. The molecular weight excluding hydrogens is 560 g/mol. The van der Waals surface area contributed by atoms with Crippen LogP contribution in [0.2, 0.25) is 5.02 Å². The van der Waals surface area contributed by atoms with Gasteiger partial charge in [0, 0.05) is 11.8 Å². The summed E-state index contributed by atoms with van der Waals surface area (Å²) in [6, 6.07) is 5.70. The molecule has 1 aromatic carbocycles. The van der Waals surface area contributed by atoms with Crippen LogP contribution >= 0.6 is 23.4 Å². The molecular formula is C32H43ClN2O5S. The SMILES string of the molecule is C=CCCCCOC(=O)[C@@H]1[C@@H]2CC(C)C3(S2)C(C(=O)N(CC=C)c2ccccc2Cl)N([C@@H](CO)CC(C)C)C(=O)[C@H]13. The Morgan fingerprint density at radius 3 is 2.63 bits per heavy atom. The number of carbonyl (C=O) groups is 3. The number of aliphatic hydroxyl groups excluding tert-OH is 1. The van der Waals surface area contributed by atoms with Gasteiger partial charge in [-0.05, 0) is 56.1 Å². The second-order valence-electron chi connectivity index (χ2n) is 11.9. The lowest BCUT2D eigenvalue weighted by Gasteiger charge is -2.42. The lowest BCUT2D eigenvalue weighted by atomic mass is 9.66. The number of anilines is 1. The number of halogens is 1. The summed E-state index contributed by atoms with van der Waals surface area (Å²) in [5.74, 6) is -2.02. The van der Waals surface area contributed by atoms with E-state index in [-0.39, 0.29) is 48.0 Å². The predicted molar refractivity (Wildman–Crippen MR) is 165 cm³/mol. The Morgan fingerprint density at radius 2 is 2.00 bits per heavy atom. The summed E-state index contributed by atoms with van der Waals surface area (Å²) in [6.45, 7) is 14.0. The maximum Gasteiger partial charge on any atom is 0.310 e. The molecule has 1 aromatic rings. The highest BCUT2D eigenvalue weighted by Crippen LogP contribution is 2.69. The van der Waals surface area contributed by atoms with Crippen LogP contribution in [0.25, 0.3) is 0 Å². The van der Waals surface area contributed by atoms with Crippen molar-refractivity contribution < 1.29 is 24.2 Å². The highest BCUT2D eigenvalue weighted by molar-refractivity contribution is 8.02. The Balaban J connectivity index is 1.77. The Labute approximate surface area is 253 Å². The van der Waals surface area contributed by atoms with Crippen molar-refractivity contribution in [2.24, 2.45) is 23.7 Å². The molecule has 0 saturated carbocycles. The van der Waals surface area contributed by atoms with E-state index in [2.05, 4.69) is 20.1 Å². The standard InChI is InChI=1S/C32H43ClN2O5S/c1-6-8-9-12-16-40-31(39)26-25-18-21(5)32(41-25)27(26)29(37)35(22(19-36)17-20(3)4)28(32)30(38)34(15-7-2)24-14-11-10-13-23(24)33/h6-7,10-11,13-14,20-22,25-28,36H,1-2,8-9,12,15-19H2,3-5H3/t21?,22-,25+,26-,27+,28?,32?/m1/s1. The van der Waals surface area contributed by atoms with Gasteiger partial charge in [-0.25, -0.2) is 0 Å². The average Bonchev–Trinajstić information content (AvgIpc) is 3.54. The number of nitrogens with zero attached hydrogens (tertiary/aromatic N) is 2. The van der Waals surface area contributed by atoms with Crippen LogP contribution in [0.4, 0.5) is 5.69 Å². The number of allylic oxidation sites excluding steroid dienone is 1. The molecule has 2 amide bonds. The number of benzene rings is 1. The fourth-order valence-corrected chi connectivity index (χ4v) is 9.76. The van der Waals surface area contributed by atoms with Crippen molar-refractivity contribution in [2.75, 3.05) is 24.7 Å². The monoisotopic (exact) mass is 602 g/mol. The van der Waals surface area contributed by atoms with Gasteiger partial charge in [-0.15, -0.1) is 24.9 Å². The van der Waals surface area contributed by atoms with E-state index >= 15 is 0 Å². The minimum atomic E-state index is -0.873. The van der Waals surface area contributed by atoms with Gasteiger partial charge < -0.3 is 19.6 Å². The number of fused-ring (bicyclic) bond motifs is 1. The molecule has 3 aliphatic rings. The molecule has 3 fully saturated rings. The fourth-order valence-electron chi connectivity index (χ4n) is 7.13. The Hall–Kier alpha value is -2.29. The van der Waals surface area contributed by atoms with Crippen LogP contribution in [0, 0.1) is 23.7 Å². The summed E-state index contributed by atoms with van der Waals surface area (Å²) in [5, 5.41) is 10.9. The van der Waals surface area contributed by atoms with Crippen LogP contribution in [0.1, 0.15) is 52.9 Å². The van der Waals surface area contributed by atoms with Crippen molar-refractivity contribution in [3.05, 3.63) is 54.6 Å². The second-order valence-corrected chi connectivity index (χ2v) is 13.9. The Morgan fingerprint density at radius 1 is 1.27 bits per heavy atom. The molecule has 2 bridgehead atoms. The highest BCUT2D eigenvalue weighted by Gasteiger charge is 2.77. The number of hydrogen-bond donors (Lipinski definition) is 1. The second kappa shape index (κ2) is 13.3. The zero-order valence-corrected chi connectivity index (χ0v) is 25.9. The third kappa shape index (κ3) is 5.72. The van der Waals surface area contributed by atoms with Crippen LogP contribution < -0.4 is 4.90 Å². The number of ether oxygens (including phenoxy) is 1. The first kappa shape index (κ1) is 31.6. The summed E-state index contributed by atoms with van der Waals surface area (Å²) in [7, 11) is 0. The summed E-state index contributed by atoms with van der Waals surface area (Å²) < 4.78 is 4.91. The van der Waals surface area contributed by atoms with E-state index in [4.69, 9.17) is 16.3 Å². The lowest BCUT2D eigenvalue weighted by Crippen LogP contribution is -2.59.